The molecule has 0 radical (unpaired) electrons. The number of nitro benzene ring substituents is 1. The van der Waals surface area contributed by atoms with Crippen LogP contribution < -0.4 is 15.4 Å². The van der Waals surface area contributed by atoms with Gasteiger partial charge in [-0.15, -0.1) is 11.3 Å². The fourth-order valence-corrected chi connectivity index (χ4v) is 4.97. The smallest absolute Gasteiger partial charge is 0.410 e. The van der Waals surface area contributed by atoms with Gasteiger partial charge in [0.15, 0.2) is 5.75 Å². The van der Waals surface area contributed by atoms with Crippen LogP contribution in [0.5, 0.6) is 5.75 Å². The highest BCUT2D eigenvalue weighted by Gasteiger charge is 2.35. The topological polar surface area (TPSA) is 123 Å². The molecule has 30 heavy (non-hydrogen) atoms. The number of hydrogen-bond acceptors (Lipinski definition) is 8. The fraction of sp³-hybridized carbons (Fsp3) is 0.368. The largest absolute Gasteiger partial charge is 0.490 e. The maximum Gasteiger partial charge on any atom is 0.410 e. The van der Waals surface area contributed by atoms with E-state index < -0.39 is 11.1 Å². The van der Waals surface area contributed by atoms with E-state index in [4.69, 9.17) is 9.47 Å². The highest BCUT2D eigenvalue weighted by Crippen LogP contribution is 2.41. The molecule has 1 unspecified atom stereocenters. The molecule has 0 spiro atoms. The van der Waals surface area contributed by atoms with Gasteiger partial charge in [-0.05, 0) is 25.0 Å². The van der Waals surface area contributed by atoms with Gasteiger partial charge in [0.2, 0.25) is 0 Å². The van der Waals surface area contributed by atoms with Crippen molar-refractivity contribution in [2.75, 3.05) is 25.6 Å². The standard InChI is InChI=1S/C19H20N4O6S/c1-3-29-19(25)22-7-6-11-14(9-22)30-18-15(11)17(24)20-16(21-18)10-4-5-13(28-2)12(8-10)23(26)27/h4-5,8,16,21H,3,6-7,9H2,1-2H3,(H,20,24). The van der Waals surface area contributed by atoms with Gasteiger partial charge in [0.1, 0.15) is 11.2 Å². The van der Waals surface area contributed by atoms with Gasteiger partial charge >= 0.3 is 11.8 Å². The molecule has 2 aliphatic heterocycles. The summed E-state index contributed by atoms with van der Waals surface area (Å²) >= 11 is 1.42. The number of hydrogen-bond donors (Lipinski definition) is 2. The number of amides is 2. The molecule has 0 saturated heterocycles. The third kappa shape index (κ3) is 3.41. The molecule has 1 aromatic carbocycles. The Morgan fingerprint density at radius 2 is 2.20 bits per heavy atom. The molecule has 0 saturated carbocycles. The van der Waals surface area contributed by atoms with Crippen molar-refractivity contribution in [2.24, 2.45) is 0 Å². The SMILES string of the molecule is CCOC(=O)N1CCc2c(sc3c2C(=O)NC(c2ccc(OC)c([N+](=O)[O-])c2)N3)C1. The zero-order chi connectivity index (χ0) is 21.4. The van der Waals surface area contributed by atoms with Crippen LogP contribution in [0.25, 0.3) is 0 Å². The van der Waals surface area contributed by atoms with E-state index >= 15 is 0 Å². The third-order valence-electron chi connectivity index (χ3n) is 5.09. The second-order valence-electron chi connectivity index (χ2n) is 6.82. The second-order valence-corrected chi connectivity index (χ2v) is 7.92. The average molecular weight is 432 g/mol. The summed E-state index contributed by atoms with van der Waals surface area (Å²) in [6.45, 7) is 2.94. The highest BCUT2D eigenvalue weighted by atomic mass is 32.1. The number of ether oxygens (including phenoxy) is 2. The van der Waals surface area contributed by atoms with Crippen LogP contribution in [-0.4, -0.2) is 42.1 Å². The van der Waals surface area contributed by atoms with Crippen molar-refractivity contribution in [2.45, 2.75) is 26.1 Å². The molecular formula is C19H20N4O6S. The number of nitro groups is 1. The van der Waals surface area contributed by atoms with Gasteiger partial charge in [-0.3, -0.25) is 14.9 Å². The molecule has 11 heteroatoms. The minimum atomic E-state index is -0.615. The molecule has 10 nitrogen and oxygen atoms in total. The van der Waals surface area contributed by atoms with Gasteiger partial charge in [-0.2, -0.15) is 0 Å². The second kappa shape index (κ2) is 7.82. The molecule has 2 aliphatic rings. The summed E-state index contributed by atoms with van der Waals surface area (Å²) in [7, 11) is 1.37. The molecular weight excluding hydrogens is 412 g/mol. The average Bonchev–Trinajstić information content (AvgIpc) is 3.11. The number of rotatable bonds is 4. The summed E-state index contributed by atoms with van der Waals surface area (Å²) in [5.74, 6) is -0.0912. The van der Waals surface area contributed by atoms with Crippen LogP contribution >= 0.6 is 11.3 Å². The number of methoxy groups -OCH3 is 1. The lowest BCUT2D eigenvalue weighted by Crippen LogP contribution is -2.39. The number of nitrogens with one attached hydrogen (secondary N) is 2. The number of thiophene rings is 1. The van der Waals surface area contributed by atoms with Crippen LogP contribution in [0.4, 0.5) is 15.5 Å². The van der Waals surface area contributed by atoms with E-state index in [0.717, 1.165) is 10.4 Å². The molecule has 2 N–H and O–H groups in total. The number of benzene rings is 1. The van der Waals surface area contributed by atoms with Gasteiger partial charge in [0.05, 0.1) is 30.7 Å². The van der Waals surface area contributed by atoms with Gasteiger partial charge < -0.3 is 25.0 Å². The molecule has 1 aromatic heterocycles. The maximum atomic E-state index is 12.9. The summed E-state index contributed by atoms with van der Waals surface area (Å²) in [6, 6.07) is 4.57. The van der Waals surface area contributed by atoms with Crippen LogP contribution in [0.15, 0.2) is 18.2 Å². The Kier molecular flexibility index (Phi) is 5.20. The van der Waals surface area contributed by atoms with E-state index in [0.29, 0.717) is 42.2 Å². The van der Waals surface area contributed by atoms with Gasteiger partial charge in [0.25, 0.3) is 5.91 Å². The minimum Gasteiger partial charge on any atom is -0.490 e. The van der Waals surface area contributed by atoms with E-state index in [1.165, 1.54) is 30.6 Å². The Bertz CT molecular complexity index is 1040. The van der Waals surface area contributed by atoms with Crippen molar-refractivity contribution in [1.82, 2.24) is 10.2 Å². The lowest BCUT2D eigenvalue weighted by molar-refractivity contribution is -0.385. The highest BCUT2D eigenvalue weighted by molar-refractivity contribution is 7.16. The lowest BCUT2D eigenvalue weighted by Gasteiger charge is -2.28. The number of nitrogens with zero attached hydrogens (tertiary/aromatic N) is 2. The van der Waals surface area contributed by atoms with Crippen LogP contribution in [0, 0.1) is 10.1 Å². The summed E-state index contributed by atoms with van der Waals surface area (Å²) in [5.41, 5.74) is 1.88. The summed E-state index contributed by atoms with van der Waals surface area (Å²) < 4.78 is 10.1. The summed E-state index contributed by atoms with van der Waals surface area (Å²) in [6.07, 6.45) is -0.417. The zero-order valence-electron chi connectivity index (χ0n) is 16.4. The Labute approximate surface area is 175 Å². The molecule has 1 atom stereocenters. The van der Waals surface area contributed by atoms with Crippen LogP contribution in [0.1, 0.15) is 39.5 Å². The van der Waals surface area contributed by atoms with Crippen molar-refractivity contribution in [3.8, 4) is 5.75 Å². The Morgan fingerprint density at radius 1 is 1.40 bits per heavy atom. The molecule has 3 heterocycles. The van der Waals surface area contributed by atoms with Crippen LogP contribution in [0.3, 0.4) is 0 Å². The summed E-state index contributed by atoms with van der Waals surface area (Å²) in [4.78, 5) is 38.2. The number of carbonyl (C=O) groups is 2. The van der Waals surface area contributed by atoms with Gasteiger partial charge in [-0.25, -0.2) is 4.79 Å². The van der Waals surface area contributed by atoms with E-state index in [9.17, 15) is 19.7 Å². The van der Waals surface area contributed by atoms with Crippen LogP contribution in [-0.2, 0) is 17.7 Å². The lowest BCUT2D eigenvalue weighted by atomic mass is 10.0. The van der Waals surface area contributed by atoms with Crippen molar-refractivity contribution in [3.05, 3.63) is 49.9 Å². The van der Waals surface area contributed by atoms with Crippen molar-refractivity contribution in [1.29, 1.82) is 0 Å². The molecule has 2 aromatic rings. The van der Waals surface area contributed by atoms with Crippen LogP contribution in [0.2, 0.25) is 0 Å². The monoisotopic (exact) mass is 432 g/mol. The normalized spacial score (nSPS) is 17.3. The Hall–Kier alpha value is -3.34. The van der Waals surface area contributed by atoms with Crippen molar-refractivity contribution >= 4 is 34.0 Å². The number of carbonyl (C=O) groups excluding carboxylic acids is 2. The van der Waals surface area contributed by atoms with E-state index in [-0.39, 0.29) is 23.4 Å². The molecule has 0 aliphatic carbocycles. The number of fused-ring (bicyclic) bond motifs is 3. The molecule has 0 fully saturated rings. The minimum absolute atomic E-state index is 0.150. The van der Waals surface area contributed by atoms with Crippen molar-refractivity contribution in [3.63, 3.8) is 0 Å². The first-order chi connectivity index (χ1) is 14.4. The van der Waals surface area contributed by atoms with E-state index in [1.54, 1.807) is 17.9 Å². The van der Waals surface area contributed by atoms with Gasteiger partial charge in [0, 0.05) is 23.1 Å². The Morgan fingerprint density at radius 3 is 2.90 bits per heavy atom. The predicted molar refractivity (Wildman–Crippen MR) is 109 cm³/mol. The third-order valence-corrected chi connectivity index (χ3v) is 6.24. The van der Waals surface area contributed by atoms with Gasteiger partial charge in [-0.1, -0.05) is 6.07 Å². The molecule has 2 amide bonds. The maximum absolute atomic E-state index is 12.9. The first kappa shape index (κ1) is 20.0. The van der Waals surface area contributed by atoms with E-state index in [1.807, 2.05) is 0 Å². The molecule has 0 bridgehead atoms. The summed E-state index contributed by atoms with van der Waals surface area (Å²) in [5, 5.41) is 18.1. The molecule has 4 rings (SSSR count). The quantitative estimate of drug-likeness (QED) is 0.562. The fourth-order valence-electron chi connectivity index (χ4n) is 3.68. The van der Waals surface area contributed by atoms with Crippen molar-refractivity contribution < 1.29 is 24.0 Å². The number of anilines is 1. The first-order valence-electron chi connectivity index (χ1n) is 9.38. The first-order valence-corrected chi connectivity index (χ1v) is 10.2. The zero-order valence-corrected chi connectivity index (χ0v) is 17.2. The molecule has 158 valence electrons. The predicted octanol–water partition coefficient (Wildman–Crippen LogP) is 3.03. The Balaban J connectivity index is 1.61. The van der Waals surface area contributed by atoms with E-state index in [2.05, 4.69) is 10.6 Å².